The topological polar surface area (TPSA) is 126 Å². The van der Waals surface area contributed by atoms with Gasteiger partial charge in [0.1, 0.15) is 22.2 Å². The van der Waals surface area contributed by atoms with Crippen molar-refractivity contribution in [2.24, 2.45) is 0 Å². The van der Waals surface area contributed by atoms with Gasteiger partial charge < -0.3 is 24.2 Å². The van der Waals surface area contributed by atoms with Gasteiger partial charge in [0.05, 0.1) is 32.6 Å². The number of ether oxygens (including phenoxy) is 3. The van der Waals surface area contributed by atoms with Crippen LogP contribution in [0.15, 0.2) is 59.5 Å². The van der Waals surface area contributed by atoms with Crippen molar-refractivity contribution in [2.45, 2.75) is 48.7 Å². The highest BCUT2D eigenvalue weighted by Crippen LogP contribution is 2.55. The number of fused-ring (bicyclic) bond motifs is 1. The number of rotatable bonds is 9. The van der Waals surface area contributed by atoms with Gasteiger partial charge >= 0.3 is 6.36 Å². The van der Waals surface area contributed by atoms with Gasteiger partial charge in [0.25, 0.3) is 15.9 Å². The largest absolute Gasteiger partial charge is 0.573 e. The minimum Gasteiger partial charge on any atom is -0.497 e. The van der Waals surface area contributed by atoms with Crippen molar-refractivity contribution >= 4 is 27.5 Å². The van der Waals surface area contributed by atoms with E-state index in [1.165, 1.54) is 49.2 Å². The molecule has 48 heavy (non-hydrogen) atoms. The number of nitrogens with zero attached hydrogens (tertiary/aromatic N) is 3. The van der Waals surface area contributed by atoms with Gasteiger partial charge in [-0.2, -0.15) is 0 Å². The number of hydrogen-bond donors (Lipinski definition) is 1. The van der Waals surface area contributed by atoms with E-state index in [2.05, 4.69) is 4.74 Å². The number of benzene rings is 3. The van der Waals surface area contributed by atoms with E-state index in [9.17, 15) is 31.5 Å². The molecule has 2 aliphatic heterocycles. The van der Waals surface area contributed by atoms with Crippen molar-refractivity contribution in [3.63, 3.8) is 0 Å². The average Bonchev–Trinajstić information content (AvgIpc) is 3.31. The third-order valence-corrected chi connectivity index (χ3v) is 10.2. The molecular formula is C32H33F4N3O8S. The number of halogens is 4. The molecule has 0 spiro atoms. The molecule has 1 saturated heterocycles. The van der Waals surface area contributed by atoms with Gasteiger partial charge in [-0.05, 0) is 60.9 Å². The lowest BCUT2D eigenvalue weighted by Gasteiger charge is -2.47. The fraction of sp³-hybridized carbons (Fsp3) is 0.375. The van der Waals surface area contributed by atoms with Crippen LogP contribution >= 0.6 is 0 Å². The van der Waals surface area contributed by atoms with Crippen LogP contribution in [0, 0.1) is 5.82 Å². The standard InChI is InChI=1S/C32H33F4N3O8S/c1-37(2)29(41)25-7-5-6-14-38(25)31(23-15-19(18-40)8-12-26(23)46-4)22-16-20(33)9-11-24(22)39(30(31)42)48(43,44)28-13-10-21(45-3)17-27(28)47-32(34,35)36/h8-13,15-17,25,40H,5-7,14,18H2,1-4H3/t25-,31?/m0/s1. The molecule has 0 aliphatic carbocycles. The zero-order chi connectivity index (χ0) is 35.2. The average molecular weight is 696 g/mol. The Kier molecular flexibility index (Phi) is 9.38. The highest BCUT2D eigenvalue weighted by Gasteiger charge is 2.63. The van der Waals surface area contributed by atoms with Crippen LogP contribution in [-0.4, -0.2) is 82.4 Å². The molecule has 1 fully saturated rings. The maximum absolute atomic E-state index is 15.3. The van der Waals surface area contributed by atoms with Gasteiger partial charge in [-0.25, -0.2) is 17.1 Å². The molecule has 1 unspecified atom stereocenters. The second-order valence-corrected chi connectivity index (χ2v) is 13.2. The van der Waals surface area contributed by atoms with Crippen LogP contribution in [0.2, 0.25) is 0 Å². The Morgan fingerprint density at radius 3 is 2.35 bits per heavy atom. The second kappa shape index (κ2) is 12.9. The monoisotopic (exact) mass is 695 g/mol. The van der Waals surface area contributed by atoms with Crippen LogP contribution in [0.1, 0.15) is 36.0 Å². The summed E-state index contributed by atoms with van der Waals surface area (Å²) >= 11 is 0. The normalized spacial score (nSPS) is 20.0. The molecule has 3 aromatic carbocycles. The van der Waals surface area contributed by atoms with E-state index in [-0.39, 0.29) is 46.8 Å². The minimum atomic E-state index is -5.33. The van der Waals surface area contributed by atoms with E-state index in [0.29, 0.717) is 23.2 Å². The number of carbonyl (C=O) groups is 2. The first kappa shape index (κ1) is 34.9. The zero-order valence-corrected chi connectivity index (χ0v) is 27.2. The number of aliphatic hydroxyl groups is 1. The van der Waals surface area contributed by atoms with E-state index in [0.717, 1.165) is 37.4 Å². The van der Waals surface area contributed by atoms with Gasteiger partial charge in [0, 0.05) is 37.8 Å². The molecule has 0 bridgehead atoms. The van der Waals surface area contributed by atoms with E-state index in [4.69, 9.17) is 9.47 Å². The second-order valence-electron chi connectivity index (χ2n) is 11.4. The molecule has 2 atom stereocenters. The third-order valence-electron chi connectivity index (χ3n) is 8.45. The van der Waals surface area contributed by atoms with Gasteiger partial charge in [0.2, 0.25) is 5.91 Å². The maximum atomic E-state index is 15.3. The van der Waals surface area contributed by atoms with Crippen LogP contribution in [0.5, 0.6) is 17.2 Å². The Balaban J connectivity index is 1.88. The maximum Gasteiger partial charge on any atom is 0.573 e. The molecule has 2 aliphatic rings. The number of alkyl halides is 3. The van der Waals surface area contributed by atoms with Gasteiger partial charge in [-0.15, -0.1) is 13.2 Å². The summed E-state index contributed by atoms with van der Waals surface area (Å²) in [7, 11) is 0.199. The molecule has 0 aromatic heterocycles. The number of carbonyl (C=O) groups excluding carboxylic acids is 2. The number of aliphatic hydroxyl groups excluding tert-OH is 1. The zero-order valence-electron chi connectivity index (χ0n) is 26.4. The van der Waals surface area contributed by atoms with Crippen molar-refractivity contribution in [3.05, 3.63) is 77.1 Å². The van der Waals surface area contributed by atoms with Crippen molar-refractivity contribution in [1.82, 2.24) is 9.80 Å². The highest BCUT2D eigenvalue weighted by molar-refractivity contribution is 7.93. The lowest BCUT2D eigenvalue weighted by molar-refractivity contribution is -0.275. The number of anilines is 1. The molecule has 5 rings (SSSR count). The highest BCUT2D eigenvalue weighted by atomic mass is 32.2. The Morgan fingerprint density at radius 1 is 1.00 bits per heavy atom. The smallest absolute Gasteiger partial charge is 0.497 e. The fourth-order valence-corrected chi connectivity index (χ4v) is 7.99. The molecule has 2 amide bonds. The van der Waals surface area contributed by atoms with Gasteiger partial charge in [-0.1, -0.05) is 12.5 Å². The first-order valence-electron chi connectivity index (χ1n) is 14.7. The molecule has 258 valence electrons. The summed E-state index contributed by atoms with van der Waals surface area (Å²) in [5.41, 5.74) is -2.58. The number of hydrogen-bond acceptors (Lipinski definition) is 9. The number of amides is 2. The summed E-state index contributed by atoms with van der Waals surface area (Å²) in [6.45, 7) is -0.458. The van der Waals surface area contributed by atoms with Gasteiger partial charge in [0.15, 0.2) is 11.3 Å². The van der Waals surface area contributed by atoms with Crippen LogP contribution in [0.25, 0.3) is 0 Å². The van der Waals surface area contributed by atoms with Crippen molar-refractivity contribution in [1.29, 1.82) is 0 Å². The van der Waals surface area contributed by atoms with E-state index >= 15 is 9.18 Å². The molecular weight excluding hydrogens is 662 g/mol. The lowest BCUT2D eigenvalue weighted by atomic mass is 9.78. The molecule has 16 heteroatoms. The van der Waals surface area contributed by atoms with Crippen LogP contribution in [-0.2, 0) is 31.8 Å². The van der Waals surface area contributed by atoms with Gasteiger partial charge in [-0.3, -0.25) is 14.5 Å². The summed E-state index contributed by atoms with van der Waals surface area (Å²) in [4.78, 5) is 30.8. The van der Waals surface area contributed by atoms with Crippen LogP contribution in [0.3, 0.4) is 0 Å². The summed E-state index contributed by atoms with van der Waals surface area (Å²) in [5.74, 6) is -3.81. The fourth-order valence-electron chi connectivity index (χ4n) is 6.43. The van der Waals surface area contributed by atoms with Crippen molar-refractivity contribution < 1.29 is 54.9 Å². The third kappa shape index (κ3) is 5.81. The molecule has 1 N–H and O–H groups in total. The van der Waals surface area contributed by atoms with Crippen molar-refractivity contribution in [3.8, 4) is 17.2 Å². The summed E-state index contributed by atoms with van der Waals surface area (Å²) < 4.78 is 100. The quantitative estimate of drug-likeness (QED) is 0.329. The number of likely N-dealkylation sites (N-methyl/N-ethyl adjacent to an activating group) is 1. The summed E-state index contributed by atoms with van der Waals surface area (Å²) in [5, 5.41) is 10.1. The molecule has 0 radical (unpaired) electrons. The number of likely N-dealkylation sites (tertiary alicyclic amines) is 1. The van der Waals surface area contributed by atoms with E-state index < -0.39 is 62.8 Å². The predicted octanol–water partition coefficient (Wildman–Crippen LogP) is 4.16. The summed E-state index contributed by atoms with van der Waals surface area (Å²) in [6, 6.07) is 8.83. The first-order valence-corrected chi connectivity index (χ1v) is 16.2. The predicted molar refractivity (Wildman–Crippen MR) is 163 cm³/mol. The number of sulfonamides is 1. The first-order chi connectivity index (χ1) is 22.6. The molecule has 11 nitrogen and oxygen atoms in total. The van der Waals surface area contributed by atoms with Crippen LogP contribution < -0.4 is 18.5 Å². The molecule has 2 heterocycles. The molecule has 0 saturated carbocycles. The molecule has 3 aromatic rings. The SMILES string of the molecule is COc1ccc(S(=O)(=O)N2C(=O)C(c3cc(CO)ccc3OC)(N3CCCC[C@H]3C(=O)N(C)C)c3cc(F)ccc32)c(OC(F)(F)F)c1. The minimum absolute atomic E-state index is 0.00829. The number of piperidine rings is 1. The Hall–Kier alpha value is -4.41. The van der Waals surface area contributed by atoms with E-state index in [1.807, 2.05) is 0 Å². The van der Waals surface area contributed by atoms with Crippen LogP contribution in [0.4, 0.5) is 23.2 Å². The van der Waals surface area contributed by atoms with E-state index in [1.54, 1.807) is 0 Å². The Morgan fingerprint density at radius 2 is 1.73 bits per heavy atom. The summed E-state index contributed by atoms with van der Waals surface area (Å²) in [6.07, 6.45) is -4.07. The number of methoxy groups -OCH3 is 2. The Bertz CT molecular complexity index is 1850. The van der Waals surface area contributed by atoms with Crippen molar-refractivity contribution in [2.75, 3.05) is 39.2 Å². The lowest BCUT2D eigenvalue weighted by Crippen LogP contribution is -2.62. The Labute approximate surface area is 274 Å².